The number of aliphatic hydroxyl groups is 1. The number of likely N-dealkylation sites (tertiary alicyclic amines) is 1. The maximum atomic E-state index is 12.8. The molecule has 1 heterocycles. The minimum atomic E-state index is -0.236. The number of carbonyl (C=O) groups excluding carboxylic acids is 2. The lowest BCUT2D eigenvalue weighted by Crippen LogP contribution is -2.51. The highest BCUT2D eigenvalue weighted by Crippen LogP contribution is 2.32. The summed E-state index contributed by atoms with van der Waals surface area (Å²) in [5.41, 5.74) is 1.20. The smallest absolute Gasteiger partial charge is 0.248 e. The SMILES string of the molecule is COCC(=O)N1CCC(C(=O)NC(Cc2ccccc2)C2CC(O)C2)CC1. The second-order valence-corrected chi connectivity index (χ2v) is 7.78. The van der Waals surface area contributed by atoms with Crippen LogP contribution in [0.4, 0.5) is 0 Å². The summed E-state index contributed by atoms with van der Waals surface area (Å²) in [6, 6.07) is 10.2. The molecule has 0 radical (unpaired) electrons. The van der Waals surface area contributed by atoms with Crippen LogP contribution in [0.3, 0.4) is 0 Å². The summed E-state index contributed by atoms with van der Waals surface area (Å²) in [7, 11) is 1.52. The average molecular weight is 374 g/mol. The first-order valence-electron chi connectivity index (χ1n) is 9.86. The lowest BCUT2D eigenvalue weighted by Gasteiger charge is -2.39. The summed E-state index contributed by atoms with van der Waals surface area (Å²) in [5, 5.41) is 12.9. The summed E-state index contributed by atoms with van der Waals surface area (Å²) >= 11 is 0. The predicted molar refractivity (Wildman–Crippen MR) is 102 cm³/mol. The normalized spacial score (nSPS) is 24.1. The molecule has 2 N–H and O–H groups in total. The maximum Gasteiger partial charge on any atom is 0.248 e. The van der Waals surface area contributed by atoms with Gasteiger partial charge in [0.15, 0.2) is 0 Å². The molecule has 1 atom stereocenters. The number of hydrogen-bond donors (Lipinski definition) is 2. The molecule has 2 aliphatic rings. The van der Waals surface area contributed by atoms with Gasteiger partial charge in [0.2, 0.25) is 11.8 Å². The van der Waals surface area contributed by atoms with E-state index in [0.717, 1.165) is 19.3 Å². The zero-order chi connectivity index (χ0) is 19.2. The monoisotopic (exact) mass is 374 g/mol. The Morgan fingerprint density at radius 2 is 1.89 bits per heavy atom. The molecule has 3 rings (SSSR count). The van der Waals surface area contributed by atoms with Gasteiger partial charge in [0.1, 0.15) is 6.61 Å². The number of benzene rings is 1. The number of ether oxygens (including phenoxy) is 1. The highest BCUT2D eigenvalue weighted by Gasteiger charge is 2.36. The molecule has 6 heteroatoms. The van der Waals surface area contributed by atoms with Crippen molar-refractivity contribution in [3.8, 4) is 0 Å². The Labute approximate surface area is 160 Å². The number of amides is 2. The number of aliphatic hydroxyl groups excluding tert-OH is 1. The van der Waals surface area contributed by atoms with Gasteiger partial charge in [-0.25, -0.2) is 0 Å². The van der Waals surface area contributed by atoms with Crippen molar-refractivity contribution in [3.05, 3.63) is 35.9 Å². The quantitative estimate of drug-likeness (QED) is 0.756. The third kappa shape index (κ3) is 5.30. The van der Waals surface area contributed by atoms with E-state index in [4.69, 9.17) is 4.74 Å². The summed E-state index contributed by atoms with van der Waals surface area (Å²) in [6.45, 7) is 1.30. The molecule has 1 saturated heterocycles. The van der Waals surface area contributed by atoms with Gasteiger partial charge in [0.05, 0.1) is 6.10 Å². The Hall–Kier alpha value is -1.92. The van der Waals surface area contributed by atoms with Crippen molar-refractivity contribution in [3.63, 3.8) is 0 Å². The zero-order valence-corrected chi connectivity index (χ0v) is 16.0. The number of rotatable bonds is 7. The van der Waals surface area contributed by atoms with Crippen LogP contribution in [-0.4, -0.2) is 60.8 Å². The third-order valence-electron chi connectivity index (χ3n) is 5.83. The lowest BCUT2D eigenvalue weighted by molar-refractivity contribution is -0.139. The van der Waals surface area contributed by atoms with E-state index in [2.05, 4.69) is 17.4 Å². The number of carbonyl (C=O) groups is 2. The number of nitrogens with one attached hydrogen (secondary N) is 1. The highest BCUT2D eigenvalue weighted by atomic mass is 16.5. The van der Waals surface area contributed by atoms with E-state index in [1.54, 1.807) is 4.90 Å². The Kier molecular flexibility index (Phi) is 6.85. The van der Waals surface area contributed by atoms with Gasteiger partial charge in [-0.3, -0.25) is 9.59 Å². The second kappa shape index (κ2) is 9.33. The van der Waals surface area contributed by atoms with E-state index in [1.165, 1.54) is 12.7 Å². The van der Waals surface area contributed by atoms with Crippen molar-refractivity contribution in [2.45, 2.75) is 44.2 Å². The van der Waals surface area contributed by atoms with Crippen molar-refractivity contribution in [1.82, 2.24) is 10.2 Å². The van der Waals surface area contributed by atoms with Crippen LogP contribution in [0, 0.1) is 11.8 Å². The van der Waals surface area contributed by atoms with Crippen molar-refractivity contribution in [1.29, 1.82) is 0 Å². The van der Waals surface area contributed by atoms with Crippen LogP contribution in [0.1, 0.15) is 31.2 Å². The molecule has 0 aromatic heterocycles. The fourth-order valence-corrected chi connectivity index (χ4v) is 4.07. The molecule has 27 heavy (non-hydrogen) atoms. The van der Waals surface area contributed by atoms with Gasteiger partial charge in [-0.1, -0.05) is 30.3 Å². The molecule has 1 aromatic carbocycles. The number of hydrogen-bond acceptors (Lipinski definition) is 4. The Morgan fingerprint density at radius 3 is 2.48 bits per heavy atom. The largest absolute Gasteiger partial charge is 0.393 e. The first kappa shape index (κ1) is 19.8. The molecule has 1 aliphatic heterocycles. The summed E-state index contributed by atoms with van der Waals surface area (Å²) < 4.78 is 4.90. The minimum absolute atomic E-state index is 0.0123. The van der Waals surface area contributed by atoms with Crippen LogP contribution in [0.5, 0.6) is 0 Å². The summed E-state index contributed by atoms with van der Waals surface area (Å²) in [6.07, 6.45) is 3.43. The van der Waals surface area contributed by atoms with Gasteiger partial charge in [-0.05, 0) is 43.6 Å². The van der Waals surface area contributed by atoms with Gasteiger partial charge < -0.3 is 20.1 Å². The van der Waals surface area contributed by atoms with Crippen molar-refractivity contribution in [2.24, 2.45) is 11.8 Å². The maximum absolute atomic E-state index is 12.8. The summed E-state index contributed by atoms with van der Waals surface area (Å²) in [4.78, 5) is 26.5. The molecule has 1 saturated carbocycles. The Morgan fingerprint density at radius 1 is 1.22 bits per heavy atom. The Balaban J connectivity index is 1.54. The first-order valence-corrected chi connectivity index (χ1v) is 9.86. The van der Waals surface area contributed by atoms with Gasteiger partial charge >= 0.3 is 0 Å². The molecule has 148 valence electrons. The van der Waals surface area contributed by atoms with Crippen molar-refractivity contribution in [2.75, 3.05) is 26.8 Å². The lowest BCUT2D eigenvalue weighted by atomic mass is 9.75. The van der Waals surface area contributed by atoms with Crippen molar-refractivity contribution < 1.29 is 19.4 Å². The van der Waals surface area contributed by atoms with Gasteiger partial charge in [0.25, 0.3) is 0 Å². The second-order valence-electron chi connectivity index (χ2n) is 7.78. The van der Waals surface area contributed by atoms with E-state index in [-0.39, 0.29) is 36.5 Å². The molecule has 1 aliphatic carbocycles. The van der Waals surface area contributed by atoms with Crippen LogP contribution in [0.25, 0.3) is 0 Å². The third-order valence-corrected chi connectivity index (χ3v) is 5.83. The molecule has 2 fully saturated rings. The standard InChI is InChI=1S/C21H30N2O4/c1-27-14-20(25)23-9-7-16(8-10-23)21(26)22-19(17-12-18(24)13-17)11-15-5-3-2-4-6-15/h2-6,16-19,24H,7-14H2,1H3,(H,22,26). The van der Waals surface area contributed by atoms with E-state index in [1.807, 2.05) is 18.2 Å². The molecule has 0 bridgehead atoms. The molecule has 1 unspecified atom stereocenters. The molecular formula is C21H30N2O4. The molecular weight excluding hydrogens is 344 g/mol. The minimum Gasteiger partial charge on any atom is -0.393 e. The van der Waals surface area contributed by atoms with Gasteiger partial charge in [-0.15, -0.1) is 0 Å². The molecule has 2 amide bonds. The highest BCUT2D eigenvalue weighted by molar-refractivity contribution is 5.80. The van der Waals surface area contributed by atoms with Crippen molar-refractivity contribution >= 4 is 11.8 Å². The van der Waals surface area contributed by atoms with Crippen LogP contribution in [-0.2, 0) is 20.7 Å². The fourth-order valence-electron chi connectivity index (χ4n) is 4.07. The number of methoxy groups -OCH3 is 1. The summed E-state index contributed by atoms with van der Waals surface area (Å²) in [5.74, 6) is 0.338. The number of nitrogens with zero attached hydrogens (tertiary/aromatic N) is 1. The van der Waals surface area contributed by atoms with Crippen LogP contribution < -0.4 is 5.32 Å². The predicted octanol–water partition coefficient (Wildman–Crippen LogP) is 1.37. The van der Waals surface area contributed by atoms with Crippen LogP contribution >= 0.6 is 0 Å². The fraction of sp³-hybridized carbons (Fsp3) is 0.619. The first-order chi connectivity index (χ1) is 13.1. The average Bonchev–Trinajstić information content (AvgIpc) is 2.66. The molecule has 0 spiro atoms. The number of piperidine rings is 1. The molecule has 6 nitrogen and oxygen atoms in total. The van der Waals surface area contributed by atoms with E-state index in [0.29, 0.717) is 31.8 Å². The van der Waals surface area contributed by atoms with Crippen LogP contribution in [0.15, 0.2) is 30.3 Å². The van der Waals surface area contributed by atoms with Crippen LogP contribution in [0.2, 0.25) is 0 Å². The van der Waals surface area contributed by atoms with Gasteiger partial charge in [0, 0.05) is 32.2 Å². The molecule has 1 aromatic rings. The van der Waals surface area contributed by atoms with E-state index < -0.39 is 0 Å². The Bertz CT molecular complexity index is 622. The van der Waals surface area contributed by atoms with E-state index >= 15 is 0 Å². The topological polar surface area (TPSA) is 78.9 Å². The van der Waals surface area contributed by atoms with Gasteiger partial charge in [-0.2, -0.15) is 0 Å². The zero-order valence-electron chi connectivity index (χ0n) is 16.0. The van der Waals surface area contributed by atoms with E-state index in [9.17, 15) is 14.7 Å².